The Morgan fingerprint density at radius 2 is 1.78 bits per heavy atom. The van der Waals surface area contributed by atoms with Crippen LogP contribution in [0, 0.1) is 20.8 Å². The maximum atomic E-state index is 13.0. The highest BCUT2D eigenvalue weighted by atomic mass is 16.3. The average molecular weight is 357 g/mol. The lowest BCUT2D eigenvalue weighted by atomic mass is 9.98. The Labute approximate surface area is 156 Å². The van der Waals surface area contributed by atoms with Gasteiger partial charge in [-0.1, -0.05) is 24.3 Å². The minimum atomic E-state index is -0.249. The highest BCUT2D eigenvalue weighted by Gasteiger charge is 2.19. The summed E-state index contributed by atoms with van der Waals surface area (Å²) in [6.45, 7) is 5.58. The van der Waals surface area contributed by atoms with E-state index in [0.717, 1.165) is 22.3 Å². The molecule has 0 radical (unpaired) electrons. The van der Waals surface area contributed by atoms with E-state index in [0.29, 0.717) is 22.3 Å². The van der Waals surface area contributed by atoms with Crippen LogP contribution in [0.5, 0.6) is 5.75 Å². The van der Waals surface area contributed by atoms with Gasteiger partial charge in [-0.2, -0.15) is 5.10 Å². The Kier molecular flexibility index (Phi) is 4.00. The zero-order valence-electron chi connectivity index (χ0n) is 15.4. The van der Waals surface area contributed by atoms with Crippen LogP contribution in [0.4, 0.5) is 0 Å². The molecule has 5 heteroatoms. The molecule has 0 amide bonds. The molecule has 2 aromatic heterocycles. The lowest BCUT2D eigenvalue weighted by Crippen LogP contribution is -2.04. The van der Waals surface area contributed by atoms with Crippen LogP contribution in [-0.2, 0) is 0 Å². The van der Waals surface area contributed by atoms with Crippen molar-refractivity contribution in [2.75, 3.05) is 0 Å². The Hall–Kier alpha value is -3.47. The van der Waals surface area contributed by atoms with Crippen LogP contribution >= 0.6 is 0 Å². The van der Waals surface area contributed by atoms with Gasteiger partial charge in [-0.05, 0) is 56.2 Å². The first kappa shape index (κ1) is 17.0. The molecule has 4 rings (SSSR count). The van der Waals surface area contributed by atoms with Gasteiger partial charge >= 0.3 is 0 Å². The van der Waals surface area contributed by atoms with E-state index in [4.69, 9.17) is 0 Å². The number of aryl methyl sites for hydroxylation is 3. The second-order valence-corrected chi connectivity index (χ2v) is 6.74. The molecule has 0 aliphatic heterocycles. The topological polar surface area (TPSA) is 68.0 Å². The number of fused-ring (bicyclic) bond motifs is 1. The lowest BCUT2D eigenvalue weighted by Gasteiger charge is -2.08. The summed E-state index contributed by atoms with van der Waals surface area (Å²) < 4.78 is 1.77. The van der Waals surface area contributed by atoms with Gasteiger partial charge in [0, 0.05) is 17.1 Å². The number of para-hydroxylation sites is 1. The number of carbonyl (C=O) groups is 1. The number of hydrogen-bond acceptors (Lipinski definition) is 4. The van der Waals surface area contributed by atoms with E-state index < -0.39 is 0 Å². The number of rotatable bonds is 3. The fraction of sp³-hybridized carbons (Fsp3) is 0.136. The van der Waals surface area contributed by atoms with Crippen molar-refractivity contribution in [3.05, 3.63) is 82.7 Å². The quantitative estimate of drug-likeness (QED) is 0.556. The number of pyridine rings is 1. The van der Waals surface area contributed by atoms with E-state index in [1.54, 1.807) is 29.9 Å². The third-order valence-corrected chi connectivity index (χ3v) is 4.66. The van der Waals surface area contributed by atoms with Crippen molar-refractivity contribution < 1.29 is 9.90 Å². The fourth-order valence-electron chi connectivity index (χ4n) is 3.31. The van der Waals surface area contributed by atoms with Crippen molar-refractivity contribution in [3.63, 3.8) is 0 Å². The van der Waals surface area contributed by atoms with Crippen molar-refractivity contribution in [3.8, 4) is 11.4 Å². The molecule has 0 bridgehead atoms. The zero-order chi connectivity index (χ0) is 19.1. The fourth-order valence-corrected chi connectivity index (χ4v) is 3.31. The molecule has 27 heavy (non-hydrogen) atoms. The third kappa shape index (κ3) is 2.87. The van der Waals surface area contributed by atoms with Crippen molar-refractivity contribution in [2.45, 2.75) is 20.8 Å². The second-order valence-electron chi connectivity index (χ2n) is 6.74. The molecule has 2 heterocycles. The SMILES string of the molecule is Cc1cc(C)c(O)c(C(=O)c2cnc3c(c2)c(C)nn3-c2ccccc2)c1. The van der Waals surface area contributed by atoms with Gasteiger partial charge in [0.2, 0.25) is 0 Å². The molecule has 134 valence electrons. The number of ketones is 1. The molecule has 0 fully saturated rings. The van der Waals surface area contributed by atoms with Crippen molar-refractivity contribution >= 4 is 16.8 Å². The Bertz CT molecular complexity index is 1180. The van der Waals surface area contributed by atoms with Gasteiger partial charge in [-0.3, -0.25) is 4.79 Å². The van der Waals surface area contributed by atoms with Crippen molar-refractivity contribution in [1.29, 1.82) is 0 Å². The number of phenols is 1. The molecular formula is C22H19N3O2. The number of aromatic hydroxyl groups is 1. The lowest BCUT2D eigenvalue weighted by molar-refractivity contribution is 0.103. The van der Waals surface area contributed by atoms with Crippen LogP contribution in [0.3, 0.4) is 0 Å². The van der Waals surface area contributed by atoms with Crippen LogP contribution < -0.4 is 0 Å². The Morgan fingerprint density at radius 1 is 1.04 bits per heavy atom. The second kappa shape index (κ2) is 6.36. The Morgan fingerprint density at radius 3 is 2.52 bits per heavy atom. The Balaban J connectivity index is 1.84. The van der Waals surface area contributed by atoms with Crippen LogP contribution in [0.1, 0.15) is 32.7 Å². The maximum absolute atomic E-state index is 13.0. The summed E-state index contributed by atoms with van der Waals surface area (Å²) in [5.41, 5.74) is 4.73. The normalized spacial score (nSPS) is 11.1. The van der Waals surface area contributed by atoms with Crippen LogP contribution in [-0.4, -0.2) is 25.7 Å². The molecule has 0 unspecified atom stereocenters. The molecule has 2 aromatic carbocycles. The smallest absolute Gasteiger partial charge is 0.198 e. The highest BCUT2D eigenvalue weighted by molar-refractivity contribution is 6.12. The minimum Gasteiger partial charge on any atom is -0.507 e. The van der Waals surface area contributed by atoms with Crippen LogP contribution in [0.15, 0.2) is 54.7 Å². The first-order valence-corrected chi connectivity index (χ1v) is 8.71. The monoisotopic (exact) mass is 357 g/mol. The maximum Gasteiger partial charge on any atom is 0.198 e. The summed E-state index contributed by atoms with van der Waals surface area (Å²) >= 11 is 0. The van der Waals surface area contributed by atoms with E-state index in [1.807, 2.05) is 50.2 Å². The molecule has 4 aromatic rings. The number of nitrogens with zero attached hydrogens (tertiary/aromatic N) is 3. The van der Waals surface area contributed by atoms with Crippen molar-refractivity contribution in [2.24, 2.45) is 0 Å². The summed E-state index contributed by atoms with van der Waals surface area (Å²) in [6.07, 6.45) is 1.54. The summed E-state index contributed by atoms with van der Waals surface area (Å²) in [6, 6.07) is 15.1. The van der Waals surface area contributed by atoms with Gasteiger partial charge in [-0.15, -0.1) is 0 Å². The molecule has 5 nitrogen and oxygen atoms in total. The molecular weight excluding hydrogens is 338 g/mol. The average Bonchev–Trinajstić information content (AvgIpc) is 3.01. The number of benzene rings is 2. The number of hydrogen-bond donors (Lipinski definition) is 1. The molecule has 0 atom stereocenters. The van der Waals surface area contributed by atoms with E-state index in [1.165, 1.54) is 0 Å². The van der Waals surface area contributed by atoms with Gasteiger partial charge in [0.1, 0.15) is 5.75 Å². The molecule has 0 saturated carbocycles. The molecule has 0 aliphatic rings. The zero-order valence-corrected chi connectivity index (χ0v) is 15.4. The van der Waals surface area contributed by atoms with Gasteiger partial charge < -0.3 is 5.11 Å². The minimum absolute atomic E-state index is 0.0161. The predicted octanol–water partition coefficient (Wildman–Crippen LogP) is 4.28. The van der Waals surface area contributed by atoms with Crippen LogP contribution in [0.25, 0.3) is 16.7 Å². The van der Waals surface area contributed by atoms with Crippen molar-refractivity contribution in [1.82, 2.24) is 14.8 Å². The standard InChI is InChI=1S/C22H19N3O2/c1-13-9-14(2)20(26)19(10-13)21(27)16-11-18-15(3)24-25(22(18)23-12-16)17-7-5-4-6-8-17/h4-12,26H,1-3H3. The first-order chi connectivity index (χ1) is 13.0. The summed E-state index contributed by atoms with van der Waals surface area (Å²) in [5.74, 6) is -0.233. The summed E-state index contributed by atoms with van der Waals surface area (Å²) in [4.78, 5) is 17.5. The predicted molar refractivity (Wildman–Crippen MR) is 105 cm³/mol. The number of carbonyl (C=O) groups excluding carboxylic acids is 1. The van der Waals surface area contributed by atoms with E-state index in [-0.39, 0.29) is 11.5 Å². The molecule has 0 saturated heterocycles. The number of aromatic nitrogens is 3. The van der Waals surface area contributed by atoms with Crippen LogP contribution in [0.2, 0.25) is 0 Å². The van der Waals surface area contributed by atoms with E-state index in [9.17, 15) is 9.90 Å². The van der Waals surface area contributed by atoms with Gasteiger partial charge in [0.25, 0.3) is 0 Å². The largest absolute Gasteiger partial charge is 0.507 e. The van der Waals surface area contributed by atoms with E-state index >= 15 is 0 Å². The first-order valence-electron chi connectivity index (χ1n) is 8.71. The third-order valence-electron chi connectivity index (χ3n) is 4.66. The molecule has 0 aliphatic carbocycles. The summed E-state index contributed by atoms with van der Waals surface area (Å²) in [5, 5.41) is 15.7. The van der Waals surface area contributed by atoms with Gasteiger partial charge in [0.05, 0.1) is 16.9 Å². The number of phenolic OH excluding ortho intramolecular Hbond substituents is 1. The molecule has 1 N–H and O–H groups in total. The highest BCUT2D eigenvalue weighted by Crippen LogP contribution is 2.28. The van der Waals surface area contributed by atoms with Gasteiger partial charge in [0.15, 0.2) is 11.4 Å². The van der Waals surface area contributed by atoms with Gasteiger partial charge in [-0.25, -0.2) is 9.67 Å². The molecule has 0 spiro atoms. The summed E-state index contributed by atoms with van der Waals surface area (Å²) in [7, 11) is 0. The van der Waals surface area contributed by atoms with E-state index in [2.05, 4.69) is 10.1 Å².